The topological polar surface area (TPSA) is 113 Å². The molecule has 3 rings (SSSR count). The zero-order valence-electron chi connectivity index (χ0n) is 14.2. The summed E-state index contributed by atoms with van der Waals surface area (Å²) in [6.07, 6.45) is -0.0257. The highest BCUT2D eigenvalue weighted by molar-refractivity contribution is 6.01. The second kappa shape index (κ2) is 7.81. The molecule has 1 heterocycles. The van der Waals surface area contributed by atoms with Crippen LogP contribution in [0.5, 0.6) is 0 Å². The fourth-order valence-electron chi connectivity index (χ4n) is 2.96. The third-order valence-corrected chi connectivity index (χ3v) is 4.21. The molecule has 0 bridgehead atoms. The van der Waals surface area contributed by atoms with E-state index in [2.05, 4.69) is 16.0 Å². The molecule has 0 aromatic heterocycles. The molecule has 9 heteroatoms. The van der Waals surface area contributed by atoms with Crippen LogP contribution in [0, 0.1) is 15.9 Å². The van der Waals surface area contributed by atoms with E-state index in [-0.39, 0.29) is 37.0 Å². The van der Waals surface area contributed by atoms with E-state index in [1.165, 1.54) is 24.3 Å². The number of nitrogens with zero attached hydrogens (tertiary/aromatic N) is 1. The molecule has 3 N–H and O–H groups in total. The van der Waals surface area contributed by atoms with Crippen LogP contribution in [-0.2, 0) is 9.59 Å². The number of nitro groups is 1. The first-order chi connectivity index (χ1) is 13.0. The van der Waals surface area contributed by atoms with Gasteiger partial charge in [-0.2, -0.15) is 0 Å². The Bertz CT molecular complexity index is 903. The highest BCUT2D eigenvalue weighted by Gasteiger charge is 2.30. The summed E-state index contributed by atoms with van der Waals surface area (Å²) in [5, 5.41) is 19.1. The maximum absolute atomic E-state index is 13.3. The lowest BCUT2D eigenvalue weighted by Gasteiger charge is -2.25. The zero-order valence-corrected chi connectivity index (χ0v) is 14.2. The summed E-state index contributed by atoms with van der Waals surface area (Å²) < 4.78 is 13.3. The lowest BCUT2D eigenvalue weighted by Crippen LogP contribution is -2.37. The Morgan fingerprint density at radius 2 is 2.04 bits per heavy atom. The number of anilines is 2. The van der Waals surface area contributed by atoms with E-state index in [4.69, 9.17) is 0 Å². The highest BCUT2D eigenvalue weighted by Crippen LogP contribution is 2.32. The van der Waals surface area contributed by atoms with Crippen molar-refractivity contribution in [1.82, 2.24) is 5.32 Å². The van der Waals surface area contributed by atoms with Gasteiger partial charge < -0.3 is 16.0 Å². The van der Waals surface area contributed by atoms with Crippen molar-refractivity contribution in [3.8, 4) is 0 Å². The van der Waals surface area contributed by atoms with Crippen LogP contribution in [0.25, 0.3) is 0 Å². The molecule has 0 radical (unpaired) electrons. The Morgan fingerprint density at radius 1 is 1.26 bits per heavy atom. The molecule has 2 amide bonds. The first-order valence-corrected chi connectivity index (χ1v) is 8.30. The Balaban J connectivity index is 1.59. The van der Waals surface area contributed by atoms with Crippen molar-refractivity contribution in [3.05, 3.63) is 64.0 Å². The smallest absolute Gasteiger partial charge is 0.292 e. The van der Waals surface area contributed by atoms with Crippen LogP contribution in [0.2, 0.25) is 0 Å². The number of fused-ring (bicyclic) bond motifs is 1. The van der Waals surface area contributed by atoms with E-state index < -0.39 is 16.7 Å². The molecule has 0 saturated carbocycles. The number of nitrogens with one attached hydrogen (secondary N) is 3. The summed E-state index contributed by atoms with van der Waals surface area (Å²) in [4.78, 5) is 34.7. The van der Waals surface area contributed by atoms with E-state index in [1.807, 2.05) is 0 Å². The van der Waals surface area contributed by atoms with Crippen LogP contribution >= 0.6 is 0 Å². The van der Waals surface area contributed by atoms with E-state index in [0.717, 1.165) is 0 Å². The van der Waals surface area contributed by atoms with E-state index in [1.54, 1.807) is 18.2 Å². The van der Waals surface area contributed by atoms with Crippen molar-refractivity contribution < 1.29 is 18.9 Å². The third kappa shape index (κ3) is 4.20. The molecule has 1 aliphatic heterocycles. The van der Waals surface area contributed by atoms with Gasteiger partial charge in [-0.25, -0.2) is 4.39 Å². The summed E-state index contributed by atoms with van der Waals surface area (Å²) >= 11 is 0. The van der Waals surface area contributed by atoms with Crippen molar-refractivity contribution in [1.29, 1.82) is 0 Å². The number of nitro benzene ring substituents is 1. The molecule has 140 valence electrons. The van der Waals surface area contributed by atoms with Crippen molar-refractivity contribution in [2.24, 2.45) is 0 Å². The second-order valence-electron chi connectivity index (χ2n) is 6.03. The predicted octanol–water partition coefficient (Wildman–Crippen LogP) is 2.39. The van der Waals surface area contributed by atoms with Gasteiger partial charge in [0.1, 0.15) is 11.5 Å². The minimum Gasteiger partial charge on any atom is -0.378 e. The molecular formula is C18H17FN4O4. The van der Waals surface area contributed by atoms with Gasteiger partial charge in [-0.1, -0.05) is 18.2 Å². The van der Waals surface area contributed by atoms with Crippen molar-refractivity contribution in [3.63, 3.8) is 0 Å². The van der Waals surface area contributed by atoms with E-state index >= 15 is 0 Å². The van der Waals surface area contributed by atoms with Gasteiger partial charge in [-0.05, 0) is 23.8 Å². The predicted molar refractivity (Wildman–Crippen MR) is 97.0 cm³/mol. The first-order valence-electron chi connectivity index (χ1n) is 8.30. The SMILES string of the molecule is O=C1C[C@H](C(=O)NCCNc2ccccc2[N+](=O)[O-])c2ccc(F)cc2N1. The van der Waals surface area contributed by atoms with Crippen molar-refractivity contribution >= 4 is 28.9 Å². The van der Waals surface area contributed by atoms with Crippen LogP contribution in [0.3, 0.4) is 0 Å². The van der Waals surface area contributed by atoms with Crippen molar-refractivity contribution in [2.75, 3.05) is 23.7 Å². The molecule has 0 saturated heterocycles. The molecule has 1 aliphatic rings. The molecule has 2 aromatic rings. The van der Waals surface area contributed by atoms with Crippen LogP contribution in [0.15, 0.2) is 42.5 Å². The number of carbonyl (C=O) groups is 2. The standard InChI is InChI=1S/C18H17FN4O4/c19-11-5-6-12-13(10-17(24)22-15(12)9-11)18(25)21-8-7-20-14-3-1-2-4-16(14)23(26)27/h1-6,9,13,20H,7-8,10H2,(H,21,25)(H,22,24)/t13-/m0/s1. The van der Waals surface area contributed by atoms with Crippen LogP contribution < -0.4 is 16.0 Å². The molecular weight excluding hydrogens is 355 g/mol. The van der Waals surface area contributed by atoms with Gasteiger partial charge in [0, 0.05) is 31.3 Å². The molecule has 0 spiro atoms. The molecule has 0 aliphatic carbocycles. The maximum Gasteiger partial charge on any atom is 0.292 e. The van der Waals surface area contributed by atoms with Gasteiger partial charge in [-0.15, -0.1) is 0 Å². The quantitative estimate of drug-likeness (QED) is 0.409. The van der Waals surface area contributed by atoms with Crippen LogP contribution in [0.1, 0.15) is 17.9 Å². The normalized spacial score (nSPS) is 15.4. The Morgan fingerprint density at radius 3 is 2.81 bits per heavy atom. The lowest BCUT2D eigenvalue weighted by atomic mass is 9.89. The van der Waals surface area contributed by atoms with Crippen molar-refractivity contribution in [2.45, 2.75) is 12.3 Å². The minimum absolute atomic E-state index is 0.0257. The lowest BCUT2D eigenvalue weighted by molar-refractivity contribution is -0.384. The van der Waals surface area contributed by atoms with Gasteiger partial charge in [0.15, 0.2) is 0 Å². The summed E-state index contributed by atoms with van der Waals surface area (Å²) in [6.45, 7) is 0.477. The summed E-state index contributed by atoms with van der Waals surface area (Å²) in [7, 11) is 0. The summed E-state index contributed by atoms with van der Waals surface area (Å²) in [5.41, 5.74) is 1.16. The number of halogens is 1. The fraction of sp³-hybridized carbons (Fsp3) is 0.222. The van der Waals surface area contributed by atoms with E-state index in [9.17, 15) is 24.1 Å². The van der Waals surface area contributed by atoms with Gasteiger partial charge in [-0.3, -0.25) is 19.7 Å². The number of carbonyl (C=O) groups excluding carboxylic acids is 2. The van der Waals surface area contributed by atoms with Crippen LogP contribution in [-0.4, -0.2) is 29.8 Å². The Hall–Kier alpha value is -3.49. The van der Waals surface area contributed by atoms with Gasteiger partial charge in [0.2, 0.25) is 11.8 Å². The second-order valence-corrected chi connectivity index (χ2v) is 6.03. The number of para-hydroxylation sites is 2. The molecule has 8 nitrogen and oxygen atoms in total. The minimum atomic E-state index is -0.708. The number of benzene rings is 2. The summed E-state index contributed by atoms with van der Waals surface area (Å²) in [5.74, 6) is -1.92. The van der Waals surface area contributed by atoms with E-state index in [0.29, 0.717) is 16.9 Å². The van der Waals surface area contributed by atoms with Gasteiger partial charge >= 0.3 is 0 Å². The maximum atomic E-state index is 13.3. The Labute approximate surface area is 153 Å². The molecule has 0 fully saturated rings. The largest absolute Gasteiger partial charge is 0.378 e. The summed E-state index contributed by atoms with van der Waals surface area (Å²) in [6, 6.07) is 10.1. The molecule has 1 atom stereocenters. The van der Waals surface area contributed by atoms with Crippen LogP contribution in [0.4, 0.5) is 21.5 Å². The average molecular weight is 372 g/mol. The molecule has 27 heavy (non-hydrogen) atoms. The van der Waals surface area contributed by atoms with Gasteiger partial charge in [0.25, 0.3) is 5.69 Å². The first kappa shape index (κ1) is 18.3. The number of hydrogen-bond donors (Lipinski definition) is 3. The Kier molecular flexibility index (Phi) is 5.30. The average Bonchev–Trinajstić information content (AvgIpc) is 2.64. The number of hydrogen-bond acceptors (Lipinski definition) is 5. The van der Waals surface area contributed by atoms with Gasteiger partial charge in [0.05, 0.1) is 10.8 Å². The zero-order chi connectivity index (χ0) is 19.4. The fourth-order valence-corrected chi connectivity index (χ4v) is 2.96. The monoisotopic (exact) mass is 372 g/mol. The molecule has 2 aromatic carbocycles. The highest BCUT2D eigenvalue weighted by atomic mass is 19.1. The number of amides is 2. The number of rotatable bonds is 6. The third-order valence-electron chi connectivity index (χ3n) is 4.21. The molecule has 0 unspecified atom stereocenters.